The van der Waals surface area contributed by atoms with Crippen LogP contribution in [0, 0.1) is 12.8 Å². The number of hydrogen-bond acceptors (Lipinski definition) is 5. The highest BCUT2D eigenvalue weighted by molar-refractivity contribution is 6.24. The molecule has 2 amide bonds. The maximum atomic E-state index is 13.4. The van der Waals surface area contributed by atoms with Crippen LogP contribution in [0.4, 0.5) is 5.69 Å². The summed E-state index contributed by atoms with van der Waals surface area (Å²) in [4.78, 5) is 28.2. The van der Waals surface area contributed by atoms with Crippen LogP contribution >= 0.6 is 0 Å². The van der Waals surface area contributed by atoms with Gasteiger partial charge in [-0.25, -0.2) is 14.9 Å². The molecule has 2 aromatic rings. The molecule has 144 valence electrons. The van der Waals surface area contributed by atoms with E-state index in [1.165, 1.54) is 4.90 Å². The van der Waals surface area contributed by atoms with Crippen molar-refractivity contribution in [2.24, 2.45) is 5.92 Å². The second-order valence-electron chi connectivity index (χ2n) is 7.72. The monoisotopic (exact) mass is 377 g/mol. The average molecular weight is 377 g/mol. The van der Waals surface area contributed by atoms with Gasteiger partial charge in [-0.2, -0.15) is 0 Å². The molecule has 5 rings (SSSR count). The number of methoxy groups -OCH3 is 1. The number of ether oxygens (including phenoxy) is 1. The lowest BCUT2D eigenvalue weighted by Gasteiger charge is -2.29. The summed E-state index contributed by atoms with van der Waals surface area (Å²) >= 11 is 0. The second kappa shape index (κ2) is 6.43. The van der Waals surface area contributed by atoms with Gasteiger partial charge in [-0.05, 0) is 43.2 Å². The molecule has 0 radical (unpaired) electrons. The first-order valence-corrected chi connectivity index (χ1v) is 9.72. The van der Waals surface area contributed by atoms with Crippen LogP contribution in [0.15, 0.2) is 48.5 Å². The van der Waals surface area contributed by atoms with E-state index in [0.29, 0.717) is 5.69 Å². The van der Waals surface area contributed by atoms with E-state index in [2.05, 4.69) is 10.0 Å². The van der Waals surface area contributed by atoms with Gasteiger partial charge in [0.25, 0.3) is 5.91 Å². The Morgan fingerprint density at radius 3 is 2.14 bits per heavy atom. The van der Waals surface area contributed by atoms with Gasteiger partial charge in [0.15, 0.2) is 0 Å². The number of fused-ring (bicyclic) bond motifs is 3. The summed E-state index contributed by atoms with van der Waals surface area (Å²) in [6.07, 6.45) is 1.00. The van der Waals surface area contributed by atoms with E-state index in [1.54, 1.807) is 7.11 Å². The number of carbonyl (C=O) groups excluding carboxylic acids is 2. The van der Waals surface area contributed by atoms with Crippen LogP contribution in [0.5, 0.6) is 5.75 Å². The van der Waals surface area contributed by atoms with Gasteiger partial charge in [-0.15, -0.1) is 0 Å². The van der Waals surface area contributed by atoms with Crippen molar-refractivity contribution < 1.29 is 14.3 Å². The third-order valence-corrected chi connectivity index (χ3v) is 6.16. The Labute approximate surface area is 164 Å². The van der Waals surface area contributed by atoms with Crippen molar-refractivity contribution in [1.29, 1.82) is 0 Å². The Morgan fingerprint density at radius 1 is 0.857 bits per heavy atom. The Hall–Kier alpha value is -2.70. The molecule has 3 aliphatic rings. The topological polar surface area (TPSA) is 53.1 Å². The zero-order valence-corrected chi connectivity index (χ0v) is 16.0. The molecule has 28 heavy (non-hydrogen) atoms. The largest absolute Gasteiger partial charge is 0.497 e. The maximum Gasteiger partial charge on any atom is 0.253 e. The molecule has 0 unspecified atom stereocenters. The number of amides is 2. The third kappa shape index (κ3) is 2.41. The summed E-state index contributed by atoms with van der Waals surface area (Å²) in [5, 5.41) is 4.34. The summed E-state index contributed by atoms with van der Waals surface area (Å²) in [7, 11) is 1.64. The summed E-state index contributed by atoms with van der Waals surface area (Å²) in [6, 6.07) is 14.9. The zero-order valence-electron chi connectivity index (χ0n) is 16.0. The quantitative estimate of drug-likeness (QED) is 0.770. The van der Waals surface area contributed by atoms with E-state index in [0.717, 1.165) is 36.4 Å². The predicted molar refractivity (Wildman–Crippen MR) is 105 cm³/mol. The molecule has 6 nitrogen and oxygen atoms in total. The van der Waals surface area contributed by atoms with Gasteiger partial charge < -0.3 is 4.74 Å². The highest BCUT2D eigenvalue weighted by Gasteiger charge is 2.62. The Kier molecular flexibility index (Phi) is 4.00. The highest BCUT2D eigenvalue weighted by atomic mass is 16.5. The molecule has 3 heterocycles. The van der Waals surface area contributed by atoms with E-state index in [1.807, 2.05) is 55.5 Å². The number of benzene rings is 2. The Balaban J connectivity index is 1.55. The summed E-state index contributed by atoms with van der Waals surface area (Å²) < 4.78 is 5.27. The first-order valence-electron chi connectivity index (χ1n) is 9.72. The van der Waals surface area contributed by atoms with Gasteiger partial charge in [0.05, 0.1) is 24.8 Å². The van der Waals surface area contributed by atoms with Gasteiger partial charge in [0.2, 0.25) is 5.91 Å². The molecular formula is C22H23N3O3. The highest BCUT2D eigenvalue weighted by Crippen LogP contribution is 2.49. The standard InChI is InChI=1S/C22H23N3O3/c1-14-4-8-16(9-5-14)25-21(26)18-19(15-6-10-17(28-2)11-7-15)23-12-3-13-24(23)20(18)22(25)27/h4-11,18-20H,3,12-13H2,1-2H3/t18-,19+,20-/m1/s1. The summed E-state index contributed by atoms with van der Waals surface area (Å²) in [5.41, 5.74) is 2.81. The lowest BCUT2D eigenvalue weighted by atomic mass is 9.90. The molecule has 3 fully saturated rings. The average Bonchev–Trinajstić information content (AvgIpc) is 3.35. The molecule has 0 spiro atoms. The third-order valence-electron chi connectivity index (χ3n) is 6.16. The van der Waals surface area contributed by atoms with Crippen LogP contribution in [0.25, 0.3) is 0 Å². The minimum Gasteiger partial charge on any atom is -0.497 e. The predicted octanol–water partition coefficient (Wildman–Crippen LogP) is 2.54. The van der Waals surface area contributed by atoms with E-state index >= 15 is 0 Å². The summed E-state index contributed by atoms with van der Waals surface area (Å²) in [5.74, 6) is 0.185. The molecule has 0 aliphatic carbocycles. The molecule has 0 aromatic heterocycles. The number of imide groups is 1. The number of carbonyl (C=O) groups is 2. The normalized spacial score (nSPS) is 27.4. The van der Waals surface area contributed by atoms with Crippen molar-refractivity contribution >= 4 is 17.5 Å². The number of nitrogens with zero attached hydrogens (tertiary/aromatic N) is 3. The van der Waals surface area contributed by atoms with Crippen LogP contribution in [0.2, 0.25) is 0 Å². The van der Waals surface area contributed by atoms with Crippen molar-refractivity contribution in [2.45, 2.75) is 25.4 Å². The van der Waals surface area contributed by atoms with Crippen molar-refractivity contribution in [2.75, 3.05) is 25.1 Å². The van der Waals surface area contributed by atoms with E-state index in [-0.39, 0.29) is 23.8 Å². The Bertz CT molecular complexity index is 925. The minimum absolute atomic E-state index is 0.103. The number of anilines is 1. The van der Waals surface area contributed by atoms with Crippen molar-refractivity contribution in [3.63, 3.8) is 0 Å². The second-order valence-corrected chi connectivity index (χ2v) is 7.72. The number of hydrazine groups is 1. The van der Waals surface area contributed by atoms with E-state index in [9.17, 15) is 9.59 Å². The SMILES string of the molecule is COc1ccc([C@H]2[C@H]3C(=O)N(c4ccc(C)cc4)C(=O)[C@@H]3N3CCCN23)cc1. The van der Waals surface area contributed by atoms with Crippen LogP contribution in [-0.2, 0) is 9.59 Å². The van der Waals surface area contributed by atoms with E-state index in [4.69, 9.17) is 4.74 Å². The fourth-order valence-electron chi connectivity index (χ4n) is 4.86. The maximum absolute atomic E-state index is 13.4. The number of hydrogen-bond donors (Lipinski definition) is 0. The van der Waals surface area contributed by atoms with Crippen LogP contribution < -0.4 is 9.64 Å². The van der Waals surface area contributed by atoms with Crippen molar-refractivity contribution in [3.05, 3.63) is 59.7 Å². The van der Waals surface area contributed by atoms with Crippen molar-refractivity contribution in [1.82, 2.24) is 10.0 Å². The lowest BCUT2D eigenvalue weighted by Crippen LogP contribution is -2.44. The molecule has 3 aliphatic heterocycles. The van der Waals surface area contributed by atoms with Crippen LogP contribution in [-0.4, -0.2) is 48.1 Å². The van der Waals surface area contributed by atoms with Crippen LogP contribution in [0.3, 0.4) is 0 Å². The van der Waals surface area contributed by atoms with Crippen molar-refractivity contribution in [3.8, 4) is 5.75 Å². The molecular weight excluding hydrogens is 354 g/mol. The molecule has 0 N–H and O–H groups in total. The van der Waals surface area contributed by atoms with Gasteiger partial charge in [-0.1, -0.05) is 29.8 Å². The van der Waals surface area contributed by atoms with Gasteiger partial charge >= 0.3 is 0 Å². The number of rotatable bonds is 3. The first-order chi connectivity index (χ1) is 13.6. The van der Waals surface area contributed by atoms with Gasteiger partial charge in [0, 0.05) is 13.1 Å². The zero-order chi connectivity index (χ0) is 19.4. The fourth-order valence-corrected chi connectivity index (χ4v) is 4.86. The molecule has 3 atom stereocenters. The smallest absolute Gasteiger partial charge is 0.253 e. The number of aryl methyl sites for hydroxylation is 1. The molecule has 6 heteroatoms. The Morgan fingerprint density at radius 2 is 1.50 bits per heavy atom. The van der Waals surface area contributed by atoms with Crippen LogP contribution in [0.1, 0.15) is 23.6 Å². The fraction of sp³-hybridized carbons (Fsp3) is 0.364. The summed E-state index contributed by atoms with van der Waals surface area (Å²) in [6.45, 7) is 3.68. The molecule has 0 bridgehead atoms. The molecule has 0 saturated carbocycles. The van der Waals surface area contributed by atoms with E-state index < -0.39 is 6.04 Å². The first kappa shape index (κ1) is 17.4. The molecule has 2 aromatic carbocycles. The minimum atomic E-state index is -0.414. The lowest BCUT2D eigenvalue weighted by molar-refractivity contribution is -0.126. The van der Waals surface area contributed by atoms with Gasteiger partial charge in [-0.3, -0.25) is 9.59 Å². The molecule has 3 saturated heterocycles. The van der Waals surface area contributed by atoms with Gasteiger partial charge in [0.1, 0.15) is 11.8 Å².